The van der Waals surface area contributed by atoms with Crippen molar-refractivity contribution in [2.45, 2.75) is 71.0 Å². The summed E-state index contributed by atoms with van der Waals surface area (Å²) in [7, 11) is 0. The molecule has 3 rings (SSSR count). The molecule has 1 atom stereocenters. The summed E-state index contributed by atoms with van der Waals surface area (Å²) in [6, 6.07) is 8.15. The van der Waals surface area contributed by atoms with E-state index in [1.54, 1.807) is 0 Å². The van der Waals surface area contributed by atoms with E-state index >= 15 is 0 Å². The normalized spacial score (nSPS) is 24.4. The minimum Gasteiger partial charge on any atom is -0.396 e. The van der Waals surface area contributed by atoms with Crippen molar-refractivity contribution >= 4 is 0 Å². The number of benzene rings is 1. The fraction of sp³-hybridized carbons (Fsp3) is 0.714. The summed E-state index contributed by atoms with van der Waals surface area (Å²) in [5.74, 6) is 0. The van der Waals surface area contributed by atoms with E-state index in [0.29, 0.717) is 12.6 Å². The van der Waals surface area contributed by atoms with Gasteiger partial charge in [0.05, 0.1) is 0 Å². The van der Waals surface area contributed by atoms with Crippen LogP contribution in [0, 0.1) is 13.8 Å². The van der Waals surface area contributed by atoms with E-state index < -0.39 is 0 Å². The zero-order valence-corrected chi connectivity index (χ0v) is 15.5. The zero-order chi connectivity index (χ0) is 16.9. The molecule has 1 aromatic carbocycles. The van der Waals surface area contributed by atoms with Crippen LogP contribution in [0.15, 0.2) is 18.2 Å². The van der Waals surface area contributed by atoms with Gasteiger partial charge in [0, 0.05) is 44.9 Å². The van der Waals surface area contributed by atoms with Gasteiger partial charge in [-0.25, -0.2) is 0 Å². The fourth-order valence-corrected chi connectivity index (χ4v) is 4.54. The molecule has 1 aliphatic carbocycles. The van der Waals surface area contributed by atoms with Crippen LogP contribution in [-0.4, -0.2) is 53.2 Å². The number of aliphatic hydroxyl groups is 1. The Morgan fingerprint density at radius 1 is 1.04 bits per heavy atom. The van der Waals surface area contributed by atoms with Gasteiger partial charge in [0.1, 0.15) is 0 Å². The van der Waals surface area contributed by atoms with E-state index in [-0.39, 0.29) is 0 Å². The smallest absolute Gasteiger partial charge is 0.0446 e. The van der Waals surface area contributed by atoms with Gasteiger partial charge in [0.2, 0.25) is 0 Å². The highest BCUT2D eigenvalue weighted by molar-refractivity contribution is 5.29. The first-order valence-corrected chi connectivity index (χ1v) is 9.82. The second-order valence-electron chi connectivity index (χ2n) is 7.85. The molecule has 3 heteroatoms. The van der Waals surface area contributed by atoms with Crippen molar-refractivity contribution in [2.24, 2.45) is 0 Å². The van der Waals surface area contributed by atoms with Crippen LogP contribution in [0.3, 0.4) is 0 Å². The number of hydrogen-bond donors (Lipinski definition) is 1. The van der Waals surface area contributed by atoms with Gasteiger partial charge in [0.15, 0.2) is 0 Å². The van der Waals surface area contributed by atoms with Crippen LogP contribution < -0.4 is 0 Å². The Bertz CT molecular complexity index is 525. The standard InChI is InChI=1S/C21H34N2O/c1-17-8-9-19(14-18(17)2)15-22-11-12-23(21(16-22)10-13-24)20-6-4-3-5-7-20/h8-9,14,20-21,24H,3-7,10-13,15-16H2,1-2H3/t21-/m0/s1. The number of piperazine rings is 1. The van der Waals surface area contributed by atoms with Crippen LogP contribution in [0.2, 0.25) is 0 Å². The Hall–Kier alpha value is -0.900. The third-order valence-electron chi connectivity index (χ3n) is 6.10. The first kappa shape index (κ1) is 17.9. The fourth-order valence-electron chi connectivity index (χ4n) is 4.54. The first-order valence-electron chi connectivity index (χ1n) is 9.82. The van der Waals surface area contributed by atoms with Gasteiger partial charge < -0.3 is 5.11 Å². The predicted molar refractivity (Wildman–Crippen MR) is 100 cm³/mol. The summed E-state index contributed by atoms with van der Waals surface area (Å²) in [5.41, 5.74) is 4.19. The minimum absolute atomic E-state index is 0.311. The lowest BCUT2D eigenvalue weighted by Gasteiger charge is -2.46. The Kier molecular flexibility index (Phi) is 6.31. The maximum Gasteiger partial charge on any atom is 0.0446 e. The second-order valence-corrected chi connectivity index (χ2v) is 7.85. The van der Waals surface area contributed by atoms with E-state index in [0.717, 1.165) is 32.1 Å². The molecule has 24 heavy (non-hydrogen) atoms. The highest BCUT2D eigenvalue weighted by Crippen LogP contribution is 2.27. The van der Waals surface area contributed by atoms with E-state index in [1.807, 2.05) is 0 Å². The molecule has 0 radical (unpaired) electrons. The SMILES string of the molecule is Cc1ccc(CN2CCN(C3CCCCC3)[C@@H](CCO)C2)cc1C. The molecule has 0 aromatic heterocycles. The third kappa shape index (κ3) is 4.38. The van der Waals surface area contributed by atoms with Crippen LogP contribution in [-0.2, 0) is 6.54 Å². The molecule has 1 saturated heterocycles. The average molecular weight is 331 g/mol. The van der Waals surface area contributed by atoms with Crippen molar-refractivity contribution in [3.63, 3.8) is 0 Å². The molecule has 1 aliphatic heterocycles. The van der Waals surface area contributed by atoms with Gasteiger partial charge in [-0.1, -0.05) is 37.5 Å². The van der Waals surface area contributed by atoms with Gasteiger partial charge in [-0.2, -0.15) is 0 Å². The van der Waals surface area contributed by atoms with Crippen LogP contribution in [0.25, 0.3) is 0 Å². The highest BCUT2D eigenvalue weighted by Gasteiger charge is 2.32. The van der Waals surface area contributed by atoms with Crippen LogP contribution in [0.1, 0.15) is 55.2 Å². The summed E-state index contributed by atoms with van der Waals surface area (Å²) in [4.78, 5) is 5.32. The van der Waals surface area contributed by atoms with Gasteiger partial charge in [-0.05, 0) is 49.8 Å². The summed E-state index contributed by atoms with van der Waals surface area (Å²) < 4.78 is 0. The molecule has 2 aliphatic rings. The van der Waals surface area contributed by atoms with E-state index in [4.69, 9.17) is 0 Å². The molecule has 0 unspecified atom stereocenters. The van der Waals surface area contributed by atoms with E-state index in [2.05, 4.69) is 41.8 Å². The monoisotopic (exact) mass is 330 g/mol. The molecule has 0 amide bonds. The molecule has 0 spiro atoms. The van der Waals surface area contributed by atoms with E-state index in [9.17, 15) is 5.11 Å². The second kappa shape index (κ2) is 8.46. The average Bonchev–Trinajstić information content (AvgIpc) is 2.60. The summed E-state index contributed by atoms with van der Waals surface area (Å²) in [6.45, 7) is 9.16. The van der Waals surface area contributed by atoms with Crippen molar-refractivity contribution in [2.75, 3.05) is 26.2 Å². The number of aliphatic hydroxyl groups excluding tert-OH is 1. The van der Waals surface area contributed by atoms with Crippen molar-refractivity contribution in [3.05, 3.63) is 34.9 Å². The molecular formula is C21H34N2O. The van der Waals surface area contributed by atoms with Crippen molar-refractivity contribution in [1.82, 2.24) is 9.80 Å². The molecule has 1 N–H and O–H groups in total. The highest BCUT2D eigenvalue weighted by atomic mass is 16.3. The Balaban J connectivity index is 1.62. The first-order chi connectivity index (χ1) is 11.7. The Labute approximate surface area is 147 Å². The topological polar surface area (TPSA) is 26.7 Å². The maximum absolute atomic E-state index is 9.53. The lowest BCUT2D eigenvalue weighted by Crippen LogP contribution is -2.56. The molecule has 1 aromatic rings. The molecule has 1 heterocycles. The number of nitrogens with zero attached hydrogens (tertiary/aromatic N) is 2. The summed E-state index contributed by atoms with van der Waals surface area (Å²) in [5, 5.41) is 9.53. The predicted octanol–water partition coefficient (Wildman–Crippen LogP) is 3.50. The number of rotatable bonds is 5. The van der Waals surface area contributed by atoms with Crippen molar-refractivity contribution in [3.8, 4) is 0 Å². The van der Waals surface area contributed by atoms with Crippen LogP contribution in [0.4, 0.5) is 0 Å². The van der Waals surface area contributed by atoms with Gasteiger partial charge in [0.25, 0.3) is 0 Å². The van der Waals surface area contributed by atoms with Gasteiger partial charge in [-0.15, -0.1) is 0 Å². The third-order valence-corrected chi connectivity index (χ3v) is 6.10. The quantitative estimate of drug-likeness (QED) is 0.895. The van der Waals surface area contributed by atoms with Crippen molar-refractivity contribution in [1.29, 1.82) is 0 Å². The Morgan fingerprint density at radius 2 is 1.83 bits per heavy atom. The van der Waals surface area contributed by atoms with Gasteiger partial charge >= 0.3 is 0 Å². The maximum atomic E-state index is 9.53. The lowest BCUT2D eigenvalue weighted by molar-refractivity contribution is 0.0137. The largest absolute Gasteiger partial charge is 0.396 e. The molecular weight excluding hydrogens is 296 g/mol. The summed E-state index contributed by atoms with van der Waals surface area (Å²) in [6.07, 6.45) is 7.82. The zero-order valence-electron chi connectivity index (χ0n) is 15.5. The molecule has 1 saturated carbocycles. The van der Waals surface area contributed by atoms with Gasteiger partial charge in [-0.3, -0.25) is 9.80 Å². The Morgan fingerprint density at radius 3 is 2.54 bits per heavy atom. The molecule has 0 bridgehead atoms. The van der Waals surface area contributed by atoms with Crippen molar-refractivity contribution < 1.29 is 5.11 Å². The number of hydrogen-bond acceptors (Lipinski definition) is 3. The van der Waals surface area contributed by atoms with Crippen LogP contribution >= 0.6 is 0 Å². The van der Waals surface area contributed by atoms with Crippen LogP contribution in [0.5, 0.6) is 0 Å². The minimum atomic E-state index is 0.311. The lowest BCUT2D eigenvalue weighted by atomic mass is 9.91. The molecule has 2 fully saturated rings. The molecule has 134 valence electrons. The molecule has 3 nitrogen and oxygen atoms in total. The number of aryl methyl sites for hydroxylation is 2. The van der Waals surface area contributed by atoms with E-state index in [1.165, 1.54) is 55.3 Å². The summed E-state index contributed by atoms with van der Waals surface area (Å²) >= 11 is 0.